The molecule has 6 heteroatoms. The number of carboxylic acid groups (broad SMARTS) is 1. The summed E-state index contributed by atoms with van der Waals surface area (Å²) in [5.74, 6) is -0.348. The van der Waals surface area contributed by atoms with Crippen molar-refractivity contribution >= 4 is 27.8 Å². The van der Waals surface area contributed by atoms with Gasteiger partial charge in [0.25, 0.3) is 0 Å². The fourth-order valence-corrected chi connectivity index (χ4v) is 3.49. The van der Waals surface area contributed by atoms with E-state index < -0.39 is 11.4 Å². The maximum Gasteiger partial charge on any atom is 0.311 e. The summed E-state index contributed by atoms with van der Waals surface area (Å²) in [6.07, 6.45) is 4.30. The van der Waals surface area contributed by atoms with Gasteiger partial charge < -0.3 is 15.2 Å². The number of ether oxygens (including phenoxy) is 1. The number of benzene rings is 1. The summed E-state index contributed by atoms with van der Waals surface area (Å²) in [7, 11) is 1.56. The van der Waals surface area contributed by atoms with Crippen LogP contribution in [0, 0.1) is 5.41 Å². The van der Waals surface area contributed by atoms with E-state index in [4.69, 9.17) is 4.74 Å². The summed E-state index contributed by atoms with van der Waals surface area (Å²) in [5, 5.41) is 12.3. The van der Waals surface area contributed by atoms with E-state index in [9.17, 15) is 14.7 Å². The third kappa shape index (κ3) is 4.47. The predicted octanol–water partition coefficient (Wildman–Crippen LogP) is 3.15. The second-order valence-corrected chi connectivity index (χ2v) is 6.97. The monoisotopic (exact) mass is 383 g/mol. The molecule has 2 rings (SSSR count). The molecule has 1 saturated carbocycles. The molecule has 0 atom stereocenters. The van der Waals surface area contributed by atoms with Crippen molar-refractivity contribution < 1.29 is 19.4 Å². The van der Waals surface area contributed by atoms with Crippen molar-refractivity contribution in [3.63, 3.8) is 0 Å². The molecule has 23 heavy (non-hydrogen) atoms. The first-order valence-electron chi connectivity index (χ1n) is 7.79. The first-order chi connectivity index (χ1) is 11.0. The first kappa shape index (κ1) is 17.8. The van der Waals surface area contributed by atoms with E-state index in [-0.39, 0.29) is 18.9 Å². The Morgan fingerprint density at radius 1 is 1.30 bits per heavy atom. The molecule has 0 unspecified atom stereocenters. The quantitative estimate of drug-likeness (QED) is 0.790. The van der Waals surface area contributed by atoms with E-state index in [0.717, 1.165) is 29.3 Å². The van der Waals surface area contributed by atoms with E-state index in [1.165, 1.54) is 0 Å². The lowest BCUT2D eigenvalue weighted by atomic mass is 9.74. The highest BCUT2D eigenvalue weighted by Crippen LogP contribution is 2.36. The zero-order valence-corrected chi connectivity index (χ0v) is 14.8. The van der Waals surface area contributed by atoms with E-state index in [2.05, 4.69) is 21.2 Å². The Bertz CT molecular complexity index is 582. The number of carboxylic acids is 1. The van der Waals surface area contributed by atoms with Gasteiger partial charge in [-0.2, -0.15) is 0 Å². The van der Waals surface area contributed by atoms with Crippen LogP contribution in [0.15, 0.2) is 22.7 Å². The van der Waals surface area contributed by atoms with E-state index in [0.29, 0.717) is 18.6 Å². The molecule has 0 heterocycles. The number of hydrogen-bond donors (Lipinski definition) is 2. The van der Waals surface area contributed by atoms with Gasteiger partial charge in [0.2, 0.25) is 5.91 Å². The Kier molecular flexibility index (Phi) is 6.04. The van der Waals surface area contributed by atoms with E-state index in [1.54, 1.807) is 13.2 Å². The van der Waals surface area contributed by atoms with Crippen molar-refractivity contribution in [2.75, 3.05) is 13.7 Å². The highest BCUT2D eigenvalue weighted by atomic mass is 79.9. The lowest BCUT2D eigenvalue weighted by molar-refractivity contribution is -0.151. The number of aliphatic carboxylic acids is 1. The topological polar surface area (TPSA) is 75.6 Å². The molecule has 0 spiro atoms. The molecular formula is C17H22BrNO4. The van der Waals surface area contributed by atoms with Crippen LogP contribution in [-0.4, -0.2) is 30.6 Å². The average molecular weight is 384 g/mol. The number of amides is 1. The first-order valence-corrected chi connectivity index (χ1v) is 8.59. The number of methoxy groups -OCH3 is 1. The van der Waals surface area contributed by atoms with Gasteiger partial charge >= 0.3 is 5.97 Å². The van der Waals surface area contributed by atoms with Gasteiger partial charge in [0.1, 0.15) is 5.75 Å². The Balaban J connectivity index is 1.99. The number of halogens is 1. The highest BCUT2D eigenvalue weighted by molar-refractivity contribution is 9.10. The third-order valence-electron chi connectivity index (χ3n) is 4.48. The van der Waals surface area contributed by atoms with Crippen LogP contribution in [0.5, 0.6) is 5.75 Å². The van der Waals surface area contributed by atoms with Crippen molar-refractivity contribution in [3.8, 4) is 5.75 Å². The van der Waals surface area contributed by atoms with Gasteiger partial charge in [-0.15, -0.1) is 0 Å². The molecule has 0 bridgehead atoms. The molecule has 0 aromatic heterocycles. The summed E-state index contributed by atoms with van der Waals surface area (Å²) in [6, 6.07) is 5.49. The van der Waals surface area contributed by atoms with Crippen LogP contribution in [0.4, 0.5) is 0 Å². The smallest absolute Gasteiger partial charge is 0.311 e. The zero-order chi connectivity index (χ0) is 16.9. The summed E-state index contributed by atoms with van der Waals surface area (Å²) in [5.41, 5.74) is -0.0395. The molecule has 126 valence electrons. The van der Waals surface area contributed by atoms with Crippen LogP contribution >= 0.6 is 15.9 Å². The average Bonchev–Trinajstić information content (AvgIpc) is 2.54. The van der Waals surface area contributed by atoms with Gasteiger partial charge in [0.05, 0.1) is 18.9 Å². The lowest BCUT2D eigenvalue weighted by Gasteiger charge is -2.33. The molecule has 1 aromatic rings. The van der Waals surface area contributed by atoms with Gasteiger partial charge in [-0.25, -0.2) is 0 Å². The van der Waals surface area contributed by atoms with Gasteiger partial charge in [0.15, 0.2) is 0 Å². The zero-order valence-electron chi connectivity index (χ0n) is 13.2. The summed E-state index contributed by atoms with van der Waals surface area (Å²) in [4.78, 5) is 23.8. The standard InChI is InChI=1S/C17H22BrNO4/c1-23-14-6-5-13(18)9-12(14)10-15(20)19-11-17(16(21)22)7-3-2-4-8-17/h5-6,9H,2-4,7-8,10-11H2,1H3,(H,19,20)(H,21,22). The van der Waals surface area contributed by atoms with Crippen LogP contribution < -0.4 is 10.1 Å². The molecule has 0 aliphatic heterocycles. The summed E-state index contributed by atoms with van der Waals surface area (Å²) >= 11 is 3.38. The second kappa shape index (κ2) is 7.81. The molecular weight excluding hydrogens is 362 g/mol. The minimum absolute atomic E-state index is 0.165. The Hall–Kier alpha value is -1.56. The fraction of sp³-hybridized carbons (Fsp3) is 0.529. The Morgan fingerprint density at radius 3 is 2.61 bits per heavy atom. The van der Waals surface area contributed by atoms with Crippen molar-refractivity contribution in [2.24, 2.45) is 5.41 Å². The van der Waals surface area contributed by atoms with E-state index >= 15 is 0 Å². The number of hydrogen-bond acceptors (Lipinski definition) is 3. The van der Waals surface area contributed by atoms with Gasteiger partial charge in [-0.05, 0) is 31.0 Å². The molecule has 1 amide bonds. The number of carbonyl (C=O) groups is 2. The molecule has 1 aromatic carbocycles. The van der Waals surface area contributed by atoms with Crippen molar-refractivity contribution in [1.82, 2.24) is 5.32 Å². The molecule has 2 N–H and O–H groups in total. The highest BCUT2D eigenvalue weighted by Gasteiger charge is 2.39. The predicted molar refractivity (Wildman–Crippen MR) is 90.6 cm³/mol. The second-order valence-electron chi connectivity index (χ2n) is 6.06. The van der Waals surface area contributed by atoms with E-state index in [1.807, 2.05) is 12.1 Å². The Labute approximate surface area is 144 Å². The SMILES string of the molecule is COc1ccc(Br)cc1CC(=O)NCC1(C(=O)O)CCCCC1. The molecule has 0 saturated heterocycles. The Morgan fingerprint density at radius 2 is 2.00 bits per heavy atom. The fourth-order valence-electron chi connectivity index (χ4n) is 3.08. The molecule has 5 nitrogen and oxygen atoms in total. The van der Waals surface area contributed by atoms with Crippen molar-refractivity contribution in [1.29, 1.82) is 0 Å². The summed E-state index contributed by atoms with van der Waals surface area (Å²) < 4.78 is 6.13. The maximum atomic E-state index is 12.2. The van der Waals surface area contributed by atoms with Crippen molar-refractivity contribution in [2.45, 2.75) is 38.5 Å². The molecule has 1 aliphatic rings. The number of nitrogens with one attached hydrogen (secondary N) is 1. The maximum absolute atomic E-state index is 12.2. The van der Waals surface area contributed by atoms with Crippen LogP contribution in [0.3, 0.4) is 0 Å². The summed E-state index contributed by atoms with van der Waals surface area (Å²) in [6.45, 7) is 0.192. The normalized spacial score (nSPS) is 16.6. The number of carbonyl (C=O) groups excluding carboxylic acids is 1. The largest absolute Gasteiger partial charge is 0.496 e. The van der Waals surface area contributed by atoms with Crippen LogP contribution in [0.2, 0.25) is 0 Å². The lowest BCUT2D eigenvalue weighted by Crippen LogP contribution is -2.44. The third-order valence-corrected chi connectivity index (χ3v) is 4.97. The minimum Gasteiger partial charge on any atom is -0.496 e. The van der Waals surface area contributed by atoms with Gasteiger partial charge in [0, 0.05) is 16.6 Å². The molecule has 0 radical (unpaired) electrons. The van der Waals surface area contributed by atoms with Crippen LogP contribution in [0.25, 0.3) is 0 Å². The number of rotatable bonds is 6. The van der Waals surface area contributed by atoms with Gasteiger partial charge in [-0.1, -0.05) is 35.2 Å². The molecule has 1 fully saturated rings. The van der Waals surface area contributed by atoms with Crippen LogP contribution in [0.1, 0.15) is 37.7 Å². The van der Waals surface area contributed by atoms with Crippen molar-refractivity contribution in [3.05, 3.63) is 28.2 Å². The minimum atomic E-state index is -0.810. The van der Waals surface area contributed by atoms with Gasteiger partial charge in [-0.3, -0.25) is 9.59 Å². The van der Waals surface area contributed by atoms with Crippen LogP contribution in [-0.2, 0) is 16.0 Å². The molecule has 1 aliphatic carbocycles.